The average molecular weight is 230 g/mol. The fourth-order valence-electron chi connectivity index (χ4n) is 0.430. The molecule has 0 spiro atoms. The summed E-state index contributed by atoms with van der Waals surface area (Å²) in [6, 6.07) is 0. The Hall–Kier alpha value is -0.270. The van der Waals surface area contributed by atoms with Gasteiger partial charge >= 0.3 is 0 Å². The molecule has 78 valence electrons. The molecule has 0 saturated heterocycles. The first-order valence-corrected chi connectivity index (χ1v) is 6.70. The van der Waals surface area contributed by atoms with Crippen molar-refractivity contribution in [3.8, 4) is 0 Å². The number of carbonyl (C=O) groups is 1. The Morgan fingerprint density at radius 3 is 1.85 bits per heavy atom. The summed E-state index contributed by atoms with van der Waals surface area (Å²) >= 11 is 0. The van der Waals surface area contributed by atoms with E-state index >= 15 is 0 Å². The topological polar surface area (TPSA) is 179 Å². The number of carbonyl (C=O) groups excluding carboxylic acids is 1. The van der Waals surface area contributed by atoms with E-state index in [1.807, 2.05) is 5.09 Å². The van der Waals surface area contributed by atoms with Gasteiger partial charge < -0.3 is 0 Å². The molecule has 0 atom stereocenters. The van der Waals surface area contributed by atoms with E-state index in [0.29, 0.717) is 0 Å². The molecule has 0 bridgehead atoms. The summed E-state index contributed by atoms with van der Waals surface area (Å²) in [4.78, 5) is 10.8. The highest BCUT2D eigenvalue weighted by Gasteiger charge is 2.15. The lowest BCUT2D eigenvalue weighted by atomic mass is 10.7. The standard InChI is InChI=1S/C2H12N6O3P2/c3-12(4,10)7-1-2(9)8-13(5,6)11/h1H2,(H5,3,4,7,10)(H5,5,6,8,9,11). The van der Waals surface area contributed by atoms with E-state index in [1.165, 1.54) is 0 Å². The highest BCUT2D eigenvalue weighted by atomic mass is 31.2. The average Bonchev–Trinajstić information content (AvgIpc) is 1.78. The molecule has 0 aromatic rings. The molecule has 0 aliphatic rings. The van der Waals surface area contributed by atoms with Crippen molar-refractivity contribution >= 4 is 21.1 Å². The SMILES string of the molecule is NP(N)(=O)NCC(=O)NP(N)(N)=O. The van der Waals surface area contributed by atoms with Crippen molar-refractivity contribution in [1.82, 2.24) is 10.2 Å². The van der Waals surface area contributed by atoms with Crippen LogP contribution in [0, 0.1) is 0 Å². The third kappa shape index (κ3) is 9.65. The lowest BCUT2D eigenvalue weighted by Gasteiger charge is -2.10. The maximum absolute atomic E-state index is 10.8. The first kappa shape index (κ1) is 12.7. The van der Waals surface area contributed by atoms with Gasteiger partial charge in [-0.25, -0.2) is 5.09 Å². The maximum Gasteiger partial charge on any atom is 0.300 e. The molecule has 0 unspecified atom stereocenters. The zero-order valence-corrected chi connectivity index (χ0v) is 8.42. The predicted molar refractivity (Wildman–Crippen MR) is 48.1 cm³/mol. The van der Waals surface area contributed by atoms with Crippen LogP contribution < -0.4 is 32.2 Å². The Labute approximate surface area is 74.6 Å². The van der Waals surface area contributed by atoms with Crippen LogP contribution in [0.3, 0.4) is 0 Å². The lowest BCUT2D eigenvalue weighted by molar-refractivity contribution is -0.118. The summed E-state index contributed by atoms with van der Waals surface area (Å²) in [6.07, 6.45) is 0. The quantitative estimate of drug-likeness (QED) is 0.293. The van der Waals surface area contributed by atoms with Crippen molar-refractivity contribution in [2.24, 2.45) is 22.0 Å². The molecule has 0 rings (SSSR count). The largest absolute Gasteiger partial charge is 0.300 e. The van der Waals surface area contributed by atoms with Crippen molar-refractivity contribution in [3.63, 3.8) is 0 Å². The van der Waals surface area contributed by atoms with Gasteiger partial charge in [0.2, 0.25) is 5.91 Å². The third-order valence-corrected chi connectivity index (χ3v) is 2.04. The number of amides is 1. The van der Waals surface area contributed by atoms with Gasteiger partial charge in [-0.1, -0.05) is 0 Å². The van der Waals surface area contributed by atoms with Crippen molar-refractivity contribution in [1.29, 1.82) is 0 Å². The second-order valence-electron chi connectivity index (χ2n) is 2.29. The van der Waals surface area contributed by atoms with Crippen LogP contribution in [-0.2, 0) is 13.9 Å². The van der Waals surface area contributed by atoms with Crippen molar-refractivity contribution in [2.75, 3.05) is 6.54 Å². The summed E-state index contributed by atoms with van der Waals surface area (Å²) in [5, 5.41) is 3.78. The van der Waals surface area contributed by atoms with E-state index in [0.717, 1.165) is 0 Å². The third-order valence-electron chi connectivity index (χ3n) is 0.786. The number of hydrogen-bond acceptors (Lipinski definition) is 3. The minimum Gasteiger partial charge on any atom is -0.282 e. The highest BCUT2D eigenvalue weighted by molar-refractivity contribution is 7.57. The molecule has 1 amide bonds. The number of rotatable bonds is 4. The van der Waals surface area contributed by atoms with Crippen LogP contribution in [0.15, 0.2) is 0 Å². The fourth-order valence-corrected chi connectivity index (χ4v) is 1.29. The Bertz CT molecular complexity index is 278. The summed E-state index contributed by atoms with van der Waals surface area (Å²) in [7, 11) is -7.08. The molecule has 0 aromatic heterocycles. The molecule has 0 aliphatic carbocycles. The molecule has 13 heavy (non-hydrogen) atoms. The van der Waals surface area contributed by atoms with Crippen molar-refractivity contribution in [3.05, 3.63) is 0 Å². The molecule has 0 heterocycles. The minimum atomic E-state index is -3.61. The van der Waals surface area contributed by atoms with Gasteiger partial charge in [0.15, 0.2) is 0 Å². The number of hydrogen-bond donors (Lipinski definition) is 6. The van der Waals surface area contributed by atoms with E-state index in [2.05, 4.69) is 0 Å². The summed E-state index contributed by atoms with van der Waals surface area (Å²) in [6.45, 7) is -0.470. The summed E-state index contributed by atoms with van der Waals surface area (Å²) in [5.74, 6) is -0.801. The van der Waals surface area contributed by atoms with Gasteiger partial charge in [-0.3, -0.25) is 41.0 Å². The Morgan fingerprint density at radius 2 is 1.54 bits per heavy atom. The molecule has 11 heteroatoms. The Morgan fingerprint density at radius 1 is 1.08 bits per heavy atom. The number of nitrogens with two attached hydrogens (primary N) is 4. The van der Waals surface area contributed by atoms with Gasteiger partial charge in [0.05, 0.1) is 6.54 Å². The molecule has 10 N–H and O–H groups in total. The molecule has 0 aliphatic heterocycles. The normalized spacial score (nSPS) is 12.6. The second-order valence-corrected chi connectivity index (χ2v) is 5.67. The van der Waals surface area contributed by atoms with E-state index in [-0.39, 0.29) is 0 Å². The highest BCUT2D eigenvalue weighted by Crippen LogP contribution is 2.18. The predicted octanol–water partition coefficient (Wildman–Crippen LogP) is -2.26. The maximum atomic E-state index is 10.8. The van der Waals surface area contributed by atoms with E-state index in [1.54, 1.807) is 5.09 Å². The van der Waals surface area contributed by atoms with E-state index in [4.69, 9.17) is 22.0 Å². The van der Waals surface area contributed by atoms with Crippen molar-refractivity contribution < 1.29 is 13.9 Å². The summed E-state index contributed by atoms with van der Waals surface area (Å²) < 4.78 is 21.2. The zero-order valence-electron chi connectivity index (χ0n) is 6.64. The van der Waals surface area contributed by atoms with E-state index in [9.17, 15) is 13.9 Å². The molecule has 0 radical (unpaired) electrons. The molecule has 9 nitrogen and oxygen atoms in total. The second kappa shape index (κ2) is 4.30. The van der Waals surface area contributed by atoms with Gasteiger partial charge in [0.25, 0.3) is 15.2 Å². The molecular formula is C2H12N6O3P2. The Balaban J connectivity index is 3.92. The molecule has 0 saturated carbocycles. The first-order valence-electron chi connectivity index (χ1n) is 3.01. The van der Waals surface area contributed by atoms with Gasteiger partial charge in [0.1, 0.15) is 0 Å². The van der Waals surface area contributed by atoms with Crippen molar-refractivity contribution in [2.45, 2.75) is 0 Å². The first-order chi connectivity index (χ1) is 5.60. The van der Waals surface area contributed by atoms with Gasteiger partial charge in [-0.05, 0) is 0 Å². The van der Waals surface area contributed by atoms with Crippen LogP contribution in [0.5, 0.6) is 0 Å². The van der Waals surface area contributed by atoms with Crippen LogP contribution in [0.4, 0.5) is 0 Å². The van der Waals surface area contributed by atoms with Crippen LogP contribution in [0.2, 0.25) is 0 Å². The van der Waals surface area contributed by atoms with Crippen LogP contribution in [0.1, 0.15) is 0 Å². The molecular weight excluding hydrogens is 218 g/mol. The zero-order chi connectivity index (χ0) is 10.7. The number of nitrogens with one attached hydrogen (secondary N) is 2. The fraction of sp³-hybridized carbons (Fsp3) is 0.500. The minimum absolute atomic E-state index is 0.470. The lowest BCUT2D eigenvalue weighted by Crippen LogP contribution is -2.37. The van der Waals surface area contributed by atoms with Gasteiger partial charge in [0, 0.05) is 0 Å². The van der Waals surface area contributed by atoms with E-state index < -0.39 is 27.6 Å². The molecule has 0 fully saturated rings. The smallest absolute Gasteiger partial charge is 0.282 e. The summed E-state index contributed by atoms with van der Waals surface area (Å²) in [5.41, 5.74) is 19.4. The van der Waals surface area contributed by atoms with Gasteiger partial charge in [-0.15, -0.1) is 0 Å². The van der Waals surface area contributed by atoms with Crippen LogP contribution in [-0.4, -0.2) is 12.5 Å². The van der Waals surface area contributed by atoms with Crippen LogP contribution in [0.25, 0.3) is 0 Å². The van der Waals surface area contributed by atoms with Crippen LogP contribution >= 0.6 is 15.2 Å². The van der Waals surface area contributed by atoms with Gasteiger partial charge in [-0.2, -0.15) is 0 Å². The molecule has 0 aromatic carbocycles. The Kier molecular flexibility index (Phi) is 4.21. The monoisotopic (exact) mass is 230 g/mol.